The summed E-state index contributed by atoms with van der Waals surface area (Å²) in [7, 11) is 6.27. The van der Waals surface area contributed by atoms with Gasteiger partial charge in [-0.25, -0.2) is 0 Å². The molecule has 0 spiro atoms. The van der Waals surface area contributed by atoms with Gasteiger partial charge < -0.3 is 9.80 Å². The molecule has 0 fully saturated rings. The van der Waals surface area contributed by atoms with Crippen LogP contribution < -0.4 is 4.90 Å². The van der Waals surface area contributed by atoms with Gasteiger partial charge in [0, 0.05) is 56.1 Å². The third kappa shape index (κ3) is 2.24. The highest BCUT2D eigenvalue weighted by Crippen LogP contribution is 2.28. The molecule has 0 radical (unpaired) electrons. The maximum atomic E-state index is 4.51. The fourth-order valence-corrected chi connectivity index (χ4v) is 2.59. The zero-order valence-electron chi connectivity index (χ0n) is 11.8. The van der Waals surface area contributed by atoms with Crippen LogP contribution in [0, 0.1) is 0 Å². The van der Waals surface area contributed by atoms with E-state index in [4.69, 9.17) is 0 Å². The van der Waals surface area contributed by atoms with E-state index in [0.717, 1.165) is 25.2 Å². The zero-order chi connectivity index (χ0) is 13.4. The zero-order valence-corrected chi connectivity index (χ0v) is 11.8. The van der Waals surface area contributed by atoms with E-state index in [1.54, 1.807) is 0 Å². The van der Waals surface area contributed by atoms with Crippen LogP contribution in [0.3, 0.4) is 0 Å². The quantitative estimate of drug-likeness (QED) is 0.894. The minimum absolute atomic E-state index is 0.983. The first-order valence-electron chi connectivity index (χ1n) is 6.67. The molecule has 1 N–H and O–H groups in total. The lowest BCUT2D eigenvalue weighted by atomic mass is 10.0. The van der Waals surface area contributed by atoms with Gasteiger partial charge in [-0.2, -0.15) is 5.10 Å². The molecule has 2 heterocycles. The van der Waals surface area contributed by atoms with E-state index in [9.17, 15) is 0 Å². The number of likely N-dealkylation sites (N-methyl/N-ethyl adjacent to an activating group) is 1. The Hall–Kier alpha value is -1.81. The lowest BCUT2D eigenvalue weighted by molar-refractivity contribution is 0.312. The standard InChI is InChI=1S/C15H20N4/c1-18(2)12-6-4-11(5-7-12)15-13-10-19(3)9-8-14(13)16-17-15/h4-7H,8-10H2,1-3H3,(H,16,17). The summed E-state index contributed by atoms with van der Waals surface area (Å²) in [4.78, 5) is 4.45. The van der Waals surface area contributed by atoms with Gasteiger partial charge in [-0.3, -0.25) is 5.10 Å². The molecule has 3 rings (SSSR count). The molecule has 0 bridgehead atoms. The van der Waals surface area contributed by atoms with Crippen molar-refractivity contribution in [1.82, 2.24) is 15.1 Å². The predicted molar refractivity (Wildman–Crippen MR) is 78.4 cm³/mol. The molecule has 19 heavy (non-hydrogen) atoms. The molecule has 0 atom stereocenters. The molecular formula is C15H20N4. The van der Waals surface area contributed by atoms with Crippen LogP contribution in [0.1, 0.15) is 11.3 Å². The Morgan fingerprint density at radius 3 is 2.63 bits per heavy atom. The van der Waals surface area contributed by atoms with Crippen LogP contribution in [-0.2, 0) is 13.0 Å². The molecule has 0 saturated carbocycles. The predicted octanol–water partition coefficient (Wildman–Crippen LogP) is 2.13. The van der Waals surface area contributed by atoms with Gasteiger partial charge in [0.1, 0.15) is 0 Å². The molecule has 1 aromatic heterocycles. The minimum Gasteiger partial charge on any atom is -0.378 e. The number of anilines is 1. The van der Waals surface area contributed by atoms with E-state index in [0.29, 0.717) is 0 Å². The molecule has 1 aliphatic heterocycles. The van der Waals surface area contributed by atoms with E-state index in [1.807, 2.05) is 0 Å². The lowest BCUT2D eigenvalue weighted by Crippen LogP contribution is -2.26. The van der Waals surface area contributed by atoms with Gasteiger partial charge >= 0.3 is 0 Å². The Morgan fingerprint density at radius 1 is 1.21 bits per heavy atom. The van der Waals surface area contributed by atoms with Gasteiger partial charge in [-0.1, -0.05) is 12.1 Å². The fourth-order valence-electron chi connectivity index (χ4n) is 2.59. The van der Waals surface area contributed by atoms with Crippen molar-refractivity contribution in [3.8, 4) is 11.3 Å². The number of aromatic nitrogens is 2. The third-order valence-electron chi connectivity index (χ3n) is 3.78. The molecule has 4 heteroatoms. The number of fused-ring (bicyclic) bond motifs is 1. The summed E-state index contributed by atoms with van der Waals surface area (Å²) in [6.07, 6.45) is 1.06. The molecule has 0 saturated heterocycles. The van der Waals surface area contributed by atoms with Gasteiger partial charge in [-0.05, 0) is 19.2 Å². The fraction of sp³-hybridized carbons (Fsp3) is 0.400. The van der Waals surface area contributed by atoms with Crippen LogP contribution in [0.4, 0.5) is 5.69 Å². The van der Waals surface area contributed by atoms with Crippen LogP contribution in [0.15, 0.2) is 24.3 Å². The summed E-state index contributed by atoms with van der Waals surface area (Å²) in [6.45, 7) is 2.09. The van der Waals surface area contributed by atoms with Crippen molar-refractivity contribution in [3.63, 3.8) is 0 Å². The molecule has 0 unspecified atom stereocenters. The number of rotatable bonds is 2. The maximum absolute atomic E-state index is 4.51. The van der Waals surface area contributed by atoms with E-state index >= 15 is 0 Å². The van der Waals surface area contributed by atoms with Gasteiger partial charge in [0.15, 0.2) is 0 Å². The van der Waals surface area contributed by atoms with Crippen LogP contribution in [0.25, 0.3) is 11.3 Å². The Bertz CT molecular complexity index is 568. The first-order chi connectivity index (χ1) is 9.15. The lowest BCUT2D eigenvalue weighted by Gasteiger charge is -2.22. The maximum Gasteiger partial charge on any atom is 0.0968 e. The van der Waals surface area contributed by atoms with E-state index in [2.05, 4.69) is 65.4 Å². The van der Waals surface area contributed by atoms with Gasteiger partial charge in [0.05, 0.1) is 5.69 Å². The van der Waals surface area contributed by atoms with E-state index in [1.165, 1.54) is 22.5 Å². The summed E-state index contributed by atoms with van der Waals surface area (Å²) in [5.74, 6) is 0. The Labute approximate surface area is 114 Å². The highest BCUT2D eigenvalue weighted by Gasteiger charge is 2.20. The molecule has 0 amide bonds. The van der Waals surface area contributed by atoms with Crippen LogP contribution in [0.5, 0.6) is 0 Å². The van der Waals surface area contributed by atoms with Crippen molar-refractivity contribution in [3.05, 3.63) is 35.5 Å². The molecule has 2 aromatic rings. The highest BCUT2D eigenvalue weighted by atomic mass is 15.2. The van der Waals surface area contributed by atoms with Crippen molar-refractivity contribution in [2.45, 2.75) is 13.0 Å². The van der Waals surface area contributed by atoms with Crippen molar-refractivity contribution < 1.29 is 0 Å². The molecular weight excluding hydrogens is 236 g/mol. The number of nitrogens with one attached hydrogen (secondary N) is 1. The molecule has 100 valence electrons. The van der Waals surface area contributed by atoms with Crippen LogP contribution in [0.2, 0.25) is 0 Å². The summed E-state index contributed by atoms with van der Waals surface area (Å²) >= 11 is 0. The second kappa shape index (κ2) is 4.70. The third-order valence-corrected chi connectivity index (χ3v) is 3.78. The minimum atomic E-state index is 0.983. The SMILES string of the molecule is CN1CCc2[nH]nc(-c3ccc(N(C)C)cc3)c2C1. The van der Waals surface area contributed by atoms with Gasteiger partial charge in [0.25, 0.3) is 0 Å². The van der Waals surface area contributed by atoms with Gasteiger partial charge in [-0.15, -0.1) is 0 Å². The summed E-state index contributed by atoms with van der Waals surface area (Å²) in [5.41, 5.74) is 6.16. The average molecular weight is 256 g/mol. The Balaban J connectivity index is 1.96. The number of hydrogen-bond donors (Lipinski definition) is 1. The Morgan fingerprint density at radius 2 is 1.95 bits per heavy atom. The second-order valence-electron chi connectivity index (χ2n) is 5.46. The van der Waals surface area contributed by atoms with E-state index < -0.39 is 0 Å². The topological polar surface area (TPSA) is 35.2 Å². The molecule has 1 aliphatic rings. The van der Waals surface area contributed by atoms with Gasteiger partial charge in [0.2, 0.25) is 0 Å². The number of nitrogens with zero attached hydrogens (tertiary/aromatic N) is 3. The summed E-state index contributed by atoms with van der Waals surface area (Å²) in [6, 6.07) is 8.59. The second-order valence-corrected chi connectivity index (χ2v) is 5.46. The first kappa shape index (κ1) is 12.2. The van der Waals surface area contributed by atoms with Crippen molar-refractivity contribution in [2.24, 2.45) is 0 Å². The first-order valence-corrected chi connectivity index (χ1v) is 6.67. The normalized spacial score (nSPS) is 15.3. The van der Waals surface area contributed by atoms with Crippen molar-refractivity contribution in [2.75, 3.05) is 32.6 Å². The van der Waals surface area contributed by atoms with Crippen molar-refractivity contribution in [1.29, 1.82) is 0 Å². The number of aromatic amines is 1. The average Bonchev–Trinajstić information content (AvgIpc) is 2.81. The van der Waals surface area contributed by atoms with E-state index in [-0.39, 0.29) is 0 Å². The highest BCUT2D eigenvalue weighted by molar-refractivity contribution is 5.67. The molecule has 4 nitrogen and oxygen atoms in total. The molecule has 1 aromatic carbocycles. The summed E-state index contributed by atoms with van der Waals surface area (Å²) in [5, 5.41) is 7.71. The van der Waals surface area contributed by atoms with Crippen LogP contribution >= 0.6 is 0 Å². The molecule has 0 aliphatic carbocycles. The Kier molecular flexibility index (Phi) is 3.03. The number of benzene rings is 1. The van der Waals surface area contributed by atoms with Crippen molar-refractivity contribution >= 4 is 5.69 Å². The number of hydrogen-bond acceptors (Lipinski definition) is 3. The summed E-state index contributed by atoms with van der Waals surface area (Å²) < 4.78 is 0. The monoisotopic (exact) mass is 256 g/mol. The largest absolute Gasteiger partial charge is 0.378 e. The number of H-pyrrole nitrogens is 1. The van der Waals surface area contributed by atoms with Crippen LogP contribution in [-0.4, -0.2) is 42.8 Å². The smallest absolute Gasteiger partial charge is 0.0968 e.